The van der Waals surface area contributed by atoms with Crippen molar-refractivity contribution in [3.05, 3.63) is 23.8 Å². The smallest absolute Gasteiger partial charge is 0.231 e. The van der Waals surface area contributed by atoms with Crippen LogP contribution in [0.1, 0.15) is 10.4 Å². The molecule has 1 aliphatic rings. The molecule has 1 aromatic carbocycles. The predicted octanol–water partition coefficient (Wildman–Crippen LogP) is 0.724. The molecule has 0 N–H and O–H groups in total. The van der Waals surface area contributed by atoms with Crippen molar-refractivity contribution in [3.8, 4) is 11.5 Å². The summed E-state index contributed by atoms with van der Waals surface area (Å²) in [6.07, 6.45) is 0. The van der Waals surface area contributed by atoms with E-state index >= 15 is 0 Å². The van der Waals surface area contributed by atoms with Gasteiger partial charge < -0.3 is 14.3 Å². The molecule has 0 saturated heterocycles. The fraction of sp³-hybridized carbons (Fsp3) is 0.125. The second-order valence-electron chi connectivity index (χ2n) is 2.43. The van der Waals surface area contributed by atoms with E-state index in [1.54, 1.807) is 18.2 Å². The summed E-state index contributed by atoms with van der Waals surface area (Å²) in [6, 6.07) is 4.85. The third-order valence-corrected chi connectivity index (χ3v) is 1.66. The number of benzene rings is 1. The minimum Gasteiger partial charge on any atom is -0.454 e. The summed E-state index contributed by atoms with van der Waals surface area (Å²) >= 11 is 0. The van der Waals surface area contributed by atoms with Gasteiger partial charge in [-0.05, 0) is 18.2 Å². The molecule has 0 amide bonds. The van der Waals surface area contributed by atoms with Crippen LogP contribution >= 0.6 is 0 Å². The van der Waals surface area contributed by atoms with Crippen LogP contribution in [0.5, 0.6) is 11.5 Å². The Balaban J connectivity index is 2.45. The lowest BCUT2D eigenvalue weighted by Crippen LogP contribution is -1.96. The van der Waals surface area contributed by atoms with Crippen LogP contribution in [0.3, 0.4) is 0 Å². The first-order valence-corrected chi connectivity index (χ1v) is 3.47. The lowest BCUT2D eigenvalue weighted by molar-refractivity contribution is 0.108. The highest BCUT2D eigenvalue weighted by Gasteiger charge is 2.13. The van der Waals surface area contributed by atoms with Crippen LogP contribution in [-0.4, -0.2) is 20.3 Å². The highest BCUT2D eigenvalue weighted by molar-refractivity contribution is 6.62. The Bertz CT molecular complexity index is 335. The van der Waals surface area contributed by atoms with E-state index in [1.165, 1.54) is 0 Å². The lowest BCUT2D eigenvalue weighted by Gasteiger charge is -1.97. The van der Waals surface area contributed by atoms with E-state index in [-0.39, 0.29) is 6.79 Å². The van der Waals surface area contributed by atoms with E-state index in [9.17, 15) is 4.79 Å². The summed E-state index contributed by atoms with van der Waals surface area (Å²) in [4.78, 5) is 10.7. The molecule has 2 rings (SSSR count). The molecule has 0 bridgehead atoms. The molecule has 0 atom stereocenters. The van der Waals surface area contributed by atoms with Gasteiger partial charge in [0, 0.05) is 5.56 Å². The van der Waals surface area contributed by atoms with Crippen LogP contribution in [0.4, 0.5) is 0 Å². The largest absolute Gasteiger partial charge is 0.454 e. The highest BCUT2D eigenvalue weighted by Crippen LogP contribution is 2.32. The molecule has 58 valence electrons. The number of carbonyl (C=O) groups excluding carboxylic acids is 1. The van der Waals surface area contributed by atoms with Crippen LogP contribution in [0.15, 0.2) is 18.2 Å². The van der Waals surface area contributed by atoms with Crippen molar-refractivity contribution in [2.45, 2.75) is 0 Å². The third-order valence-electron chi connectivity index (χ3n) is 1.66. The van der Waals surface area contributed by atoms with Gasteiger partial charge in [-0.2, -0.15) is 0 Å². The van der Waals surface area contributed by atoms with E-state index in [0.717, 1.165) is 0 Å². The van der Waals surface area contributed by atoms with E-state index in [2.05, 4.69) is 0 Å². The zero-order chi connectivity index (χ0) is 8.55. The first-order valence-electron chi connectivity index (χ1n) is 3.47. The van der Waals surface area contributed by atoms with Crippen molar-refractivity contribution in [2.24, 2.45) is 0 Å². The van der Waals surface area contributed by atoms with Crippen LogP contribution in [0.25, 0.3) is 0 Å². The Morgan fingerprint density at radius 3 is 2.83 bits per heavy atom. The van der Waals surface area contributed by atoms with Crippen LogP contribution in [-0.2, 0) is 0 Å². The average molecular weight is 160 g/mol. The van der Waals surface area contributed by atoms with Gasteiger partial charge in [0.2, 0.25) is 6.79 Å². The summed E-state index contributed by atoms with van der Waals surface area (Å²) in [5.74, 6) is 1.23. The number of ether oxygens (including phenoxy) is 2. The van der Waals surface area contributed by atoms with Crippen molar-refractivity contribution in [3.63, 3.8) is 0 Å². The fourth-order valence-corrected chi connectivity index (χ4v) is 1.05. The van der Waals surface area contributed by atoms with Gasteiger partial charge in [0.25, 0.3) is 0 Å². The molecule has 0 unspecified atom stereocenters. The predicted molar refractivity (Wildman–Crippen MR) is 42.6 cm³/mol. The number of hydrogen-bond donors (Lipinski definition) is 0. The van der Waals surface area contributed by atoms with Gasteiger partial charge in [-0.1, -0.05) is 0 Å². The van der Waals surface area contributed by atoms with Gasteiger partial charge in [0.05, 0.1) is 0 Å². The Kier molecular flexibility index (Phi) is 1.53. The first-order chi connectivity index (χ1) is 5.77. The molecule has 0 fully saturated rings. The van der Waals surface area contributed by atoms with Crippen LogP contribution < -0.4 is 9.47 Å². The SMILES string of the molecule is [B]C(=O)c1ccc2c(c1)OCO2. The second-order valence-corrected chi connectivity index (χ2v) is 2.43. The molecule has 1 aliphatic heterocycles. The van der Waals surface area contributed by atoms with Crippen molar-refractivity contribution in [2.75, 3.05) is 6.79 Å². The minimum atomic E-state index is -0.465. The molecule has 0 aliphatic carbocycles. The number of fused-ring (bicyclic) bond motifs is 1. The van der Waals surface area contributed by atoms with Crippen LogP contribution in [0.2, 0.25) is 0 Å². The maximum absolute atomic E-state index is 10.7. The fourth-order valence-electron chi connectivity index (χ4n) is 1.05. The van der Waals surface area contributed by atoms with Crippen molar-refractivity contribution in [1.29, 1.82) is 0 Å². The zero-order valence-electron chi connectivity index (χ0n) is 6.24. The van der Waals surface area contributed by atoms with E-state index < -0.39 is 5.68 Å². The molecule has 0 saturated carbocycles. The van der Waals surface area contributed by atoms with Gasteiger partial charge in [0.15, 0.2) is 19.3 Å². The molecule has 0 aromatic heterocycles. The molecule has 0 spiro atoms. The van der Waals surface area contributed by atoms with Gasteiger partial charge in [0.1, 0.15) is 5.68 Å². The Morgan fingerprint density at radius 2 is 2.08 bits per heavy atom. The number of rotatable bonds is 1. The molecule has 12 heavy (non-hydrogen) atoms. The normalized spacial score (nSPS) is 13.0. The second kappa shape index (κ2) is 2.55. The van der Waals surface area contributed by atoms with E-state index in [4.69, 9.17) is 17.3 Å². The monoisotopic (exact) mass is 160 g/mol. The quantitative estimate of drug-likeness (QED) is 0.567. The van der Waals surface area contributed by atoms with Crippen LogP contribution in [0, 0.1) is 0 Å². The van der Waals surface area contributed by atoms with Gasteiger partial charge >= 0.3 is 0 Å². The summed E-state index contributed by atoms with van der Waals surface area (Å²) < 4.78 is 10.1. The zero-order valence-corrected chi connectivity index (χ0v) is 6.24. The summed E-state index contributed by atoms with van der Waals surface area (Å²) in [5, 5.41) is 0. The first kappa shape index (κ1) is 7.22. The lowest BCUT2D eigenvalue weighted by atomic mass is 9.95. The molecular weight excluding hydrogens is 155 g/mol. The van der Waals surface area contributed by atoms with Crippen molar-refractivity contribution >= 4 is 13.5 Å². The van der Waals surface area contributed by atoms with Crippen molar-refractivity contribution in [1.82, 2.24) is 0 Å². The Labute approximate surface area is 70.7 Å². The number of carbonyl (C=O) groups is 1. The van der Waals surface area contributed by atoms with Gasteiger partial charge in [-0.3, -0.25) is 0 Å². The maximum atomic E-state index is 10.7. The minimum absolute atomic E-state index is 0.206. The number of hydrogen-bond acceptors (Lipinski definition) is 3. The van der Waals surface area contributed by atoms with E-state index in [1.807, 2.05) is 0 Å². The summed E-state index contributed by atoms with van der Waals surface area (Å²) in [6.45, 7) is 0.206. The van der Waals surface area contributed by atoms with Gasteiger partial charge in [-0.25, -0.2) is 0 Å². The Hall–Kier alpha value is -1.45. The molecule has 1 aromatic rings. The standard InChI is InChI=1S/C8H5BO3/c9-8(10)5-1-2-6-7(3-5)12-4-11-6/h1-3H,4H2. The molecular formula is C8H5BO3. The molecule has 2 radical (unpaired) electrons. The highest BCUT2D eigenvalue weighted by atomic mass is 16.7. The third kappa shape index (κ3) is 1.05. The Morgan fingerprint density at radius 1 is 1.33 bits per heavy atom. The van der Waals surface area contributed by atoms with Gasteiger partial charge in [-0.15, -0.1) is 0 Å². The van der Waals surface area contributed by atoms with E-state index in [0.29, 0.717) is 17.1 Å². The molecule has 4 heteroatoms. The van der Waals surface area contributed by atoms with Crippen molar-refractivity contribution < 1.29 is 14.3 Å². The molecule has 3 nitrogen and oxygen atoms in total. The molecule has 1 heterocycles. The average Bonchev–Trinajstić information content (AvgIpc) is 2.49. The topological polar surface area (TPSA) is 35.5 Å². The summed E-state index contributed by atoms with van der Waals surface area (Å²) in [5.41, 5.74) is -0.0347. The maximum Gasteiger partial charge on any atom is 0.231 e. The summed E-state index contributed by atoms with van der Waals surface area (Å²) in [7, 11) is 5.07.